The summed E-state index contributed by atoms with van der Waals surface area (Å²) in [6.07, 6.45) is 3.74. The van der Waals surface area contributed by atoms with E-state index < -0.39 is 0 Å². The molecule has 2 heterocycles. The largest absolute Gasteiger partial charge is 0.381 e. The molecule has 0 amide bonds. The summed E-state index contributed by atoms with van der Waals surface area (Å²) in [5, 5.41) is 9.41. The monoisotopic (exact) mass is 390 g/mol. The van der Waals surface area contributed by atoms with Crippen molar-refractivity contribution in [3.8, 4) is 0 Å². The molecule has 30 heavy (non-hydrogen) atoms. The minimum atomic E-state index is 0.763. The van der Waals surface area contributed by atoms with Crippen LogP contribution >= 0.6 is 0 Å². The van der Waals surface area contributed by atoms with Gasteiger partial charge in [-0.25, -0.2) is 0 Å². The molecule has 2 aromatic heterocycles. The van der Waals surface area contributed by atoms with Crippen LogP contribution in [0.15, 0.2) is 97.3 Å². The molecule has 0 spiro atoms. The fourth-order valence-electron chi connectivity index (χ4n) is 3.72. The first-order valence-corrected chi connectivity index (χ1v) is 10.1. The van der Waals surface area contributed by atoms with Crippen molar-refractivity contribution in [3.63, 3.8) is 0 Å². The van der Waals surface area contributed by atoms with Crippen molar-refractivity contribution in [1.29, 1.82) is 0 Å². The van der Waals surface area contributed by atoms with Gasteiger partial charge in [-0.3, -0.25) is 9.97 Å². The zero-order chi connectivity index (χ0) is 20.2. The smallest absolute Gasteiger partial charge is 0.0705 e. The molecule has 0 atom stereocenters. The van der Waals surface area contributed by atoms with Crippen LogP contribution in [0, 0.1) is 0 Å². The van der Waals surface area contributed by atoms with Crippen LogP contribution in [0.3, 0.4) is 0 Å². The van der Waals surface area contributed by atoms with Crippen molar-refractivity contribution in [2.45, 2.75) is 13.1 Å². The zero-order valence-corrected chi connectivity index (χ0v) is 16.5. The topological polar surface area (TPSA) is 49.8 Å². The zero-order valence-electron chi connectivity index (χ0n) is 16.5. The second-order valence-electron chi connectivity index (χ2n) is 7.26. The van der Waals surface area contributed by atoms with Gasteiger partial charge < -0.3 is 10.6 Å². The maximum absolute atomic E-state index is 4.43. The Bertz CT molecular complexity index is 1180. The molecule has 0 aliphatic carbocycles. The number of anilines is 2. The Balaban J connectivity index is 1.24. The molecule has 4 heteroatoms. The lowest BCUT2D eigenvalue weighted by Gasteiger charge is -2.11. The second-order valence-corrected chi connectivity index (χ2v) is 7.26. The Morgan fingerprint density at radius 3 is 1.40 bits per heavy atom. The number of nitrogens with one attached hydrogen (secondary N) is 2. The molecule has 0 aliphatic heterocycles. The van der Waals surface area contributed by atoms with Crippen molar-refractivity contribution < 1.29 is 0 Å². The summed E-state index contributed by atoms with van der Waals surface area (Å²) in [5.41, 5.74) is 6.73. The molecule has 2 N–H and O–H groups in total. The van der Waals surface area contributed by atoms with Gasteiger partial charge in [-0.05, 0) is 59.7 Å². The summed E-state index contributed by atoms with van der Waals surface area (Å²) in [4.78, 5) is 8.87. The molecule has 5 rings (SSSR count). The van der Waals surface area contributed by atoms with Crippen LogP contribution in [0.1, 0.15) is 11.1 Å². The molecule has 0 unspecified atom stereocenters. The molecule has 146 valence electrons. The lowest BCUT2D eigenvalue weighted by atomic mass is 10.1. The summed E-state index contributed by atoms with van der Waals surface area (Å²) >= 11 is 0. The Morgan fingerprint density at radius 1 is 0.500 bits per heavy atom. The molecule has 0 fully saturated rings. The number of rotatable bonds is 6. The fraction of sp³-hybridized carbons (Fsp3) is 0.0769. The van der Waals surface area contributed by atoms with E-state index in [9.17, 15) is 0 Å². The molecule has 3 aromatic carbocycles. The van der Waals surface area contributed by atoms with E-state index in [4.69, 9.17) is 0 Å². The Morgan fingerprint density at radius 2 is 0.933 bits per heavy atom. The van der Waals surface area contributed by atoms with Crippen molar-refractivity contribution in [2.24, 2.45) is 0 Å². The predicted molar refractivity (Wildman–Crippen MR) is 125 cm³/mol. The highest BCUT2D eigenvalue weighted by Gasteiger charge is 2.03. The van der Waals surface area contributed by atoms with Gasteiger partial charge in [0.25, 0.3) is 0 Å². The highest BCUT2D eigenvalue weighted by molar-refractivity contribution is 5.82. The maximum Gasteiger partial charge on any atom is 0.0705 e. The van der Waals surface area contributed by atoms with Gasteiger partial charge in [0.05, 0.1) is 11.0 Å². The van der Waals surface area contributed by atoms with Gasteiger partial charge in [0.15, 0.2) is 0 Å². The van der Waals surface area contributed by atoms with Gasteiger partial charge in [0, 0.05) is 47.6 Å². The van der Waals surface area contributed by atoms with Crippen molar-refractivity contribution in [1.82, 2.24) is 9.97 Å². The summed E-state index contributed by atoms with van der Waals surface area (Å²) in [6, 6.07) is 29.1. The van der Waals surface area contributed by atoms with E-state index >= 15 is 0 Å². The Hall–Kier alpha value is -3.92. The van der Waals surface area contributed by atoms with E-state index in [2.05, 4.69) is 81.3 Å². The van der Waals surface area contributed by atoms with Crippen molar-refractivity contribution in [3.05, 3.63) is 108 Å². The summed E-state index contributed by atoms with van der Waals surface area (Å²) < 4.78 is 0. The van der Waals surface area contributed by atoms with Crippen LogP contribution in [0.25, 0.3) is 21.8 Å². The highest BCUT2D eigenvalue weighted by Crippen LogP contribution is 2.21. The SMILES string of the molecule is c1ccc2c(CNc3ccc(NCc4ccnc5ccccc45)cc3)ccnc2c1. The summed E-state index contributed by atoms with van der Waals surface area (Å²) in [5.74, 6) is 0. The first-order valence-electron chi connectivity index (χ1n) is 10.1. The van der Waals surface area contributed by atoms with Gasteiger partial charge in [-0.15, -0.1) is 0 Å². The van der Waals surface area contributed by atoms with E-state index in [1.165, 1.54) is 21.9 Å². The van der Waals surface area contributed by atoms with Crippen molar-refractivity contribution in [2.75, 3.05) is 10.6 Å². The van der Waals surface area contributed by atoms with E-state index in [-0.39, 0.29) is 0 Å². The standard InChI is InChI=1S/C26H22N4/c1-3-7-25-23(5-1)19(13-15-27-25)17-29-21-9-11-22(12-10-21)30-18-20-14-16-28-26-8-4-2-6-24(20)26/h1-16,29-30H,17-18H2. The third-order valence-corrected chi connectivity index (χ3v) is 5.33. The third kappa shape index (κ3) is 3.80. The molecular formula is C26H22N4. The fourth-order valence-corrected chi connectivity index (χ4v) is 3.72. The van der Waals surface area contributed by atoms with Gasteiger partial charge in [0.1, 0.15) is 0 Å². The molecule has 5 aromatic rings. The normalized spacial score (nSPS) is 10.9. The molecule has 0 saturated heterocycles. The first-order chi connectivity index (χ1) is 14.9. The van der Waals surface area contributed by atoms with Crippen LogP contribution < -0.4 is 10.6 Å². The predicted octanol–water partition coefficient (Wildman–Crippen LogP) is 6.01. The third-order valence-electron chi connectivity index (χ3n) is 5.33. The van der Waals surface area contributed by atoms with Gasteiger partial charge >= 0.3 is 0 Å². The molecule has 4 nitrogen and oxygen atoms in total. The quantitative estimate of drug-likeness (QED) is 0.373. The minimum absolute atomic E-state index is 0.763. The Labute approximate surface area is 175 Å². The number of aromatic nitrogens is 2. The molecular weight excluding hydrogens is 368 g/mol. The lowest BCUT2D eigenvalue weighted by molar-refractivity contribution is 1.15. The highest BCUT2D eigenvalue weighted by atomic mass is 14.9. The van der Waals surface area contributed by atoms with E-state index in [1.807, 2.05) is 36.7 Å². The van der Waals surface area contributed by atoms with Crippen LogP contribution in [0.4, 0.5) is 11.4 Å². The van der Waals surface area contributed by atoms with Gasteiger partial charge in [0.2, 0.25) is 0 Å². The van der Waals surface area contributed by atoms with Crippen LogP contribution in [-0.4, -0.2) is 9.97 Å². The Kier molecular flexibility index (Phi) is 4.96. The van der Waals surface area contributed by atoms with Gasteiger partial charge in [-0.2, -0.15) is 0 Å². The number of benzene rings is 3. The van der Waals surface area contributed by atoms with Gasteiger partial charge in [-0.1, -0.05) is 36.4 Å². The number of para-hydroxylation sites is 2. The molecule has 0 bridgehead atoms. The van der Waals surface area contributed by atoms with E-state index in [1.54, 1.807) is 0 Å². The lowest BCUT2D eigenvalue weighted by Crippen LogP contribution is -2.02. The van der Waals surface area contributed by atoms with Crippen LogP contribution in [-0.2, 0) is 13.1 Å². The average Bonchev–Trinajstić information content (AvgIpc) is 2.82. The molecule has 0 radical (unpaired) electrons. The summed E-state index contributed by atoms with van der Waals surface area (Å²) in [7, 11) is 0. The van der Waals surface area contributed by atoms with Crippen LogP contribution in [0.5, 0.6) is 0 Å². The number of hydrogen-bond acceptors (Lipinski definition) is 4. The molecule has 0 saturated carbocycles. The minimum Gasteiger partial charge on any atom is -0.381 e. The number of pyridine rings is 2. The van der Waals surface area contributed by atoms with E-state index in [0.29, 0.717) is 0 Å². The number of hydrogen-bond donors (Lipinski definition) is 2. The van der Waals surface area contributed by atoms with Crippen LogP contribution in [0.2, 0.25) is 0 Å². The second kappa shape index (κ2) is 8.21. The number of fused-ring (bicyclic) bond motifs is 2. The van der Waals surface area contributed by atoms with E-state index in [0.717, 1.165) is 35.5 Å². The molecule has 0 aliphatic rings. The van der Waals surface area contributed by atoms with Crippen molar-refractivity contribution >= 4 is 33.2 Å². The number of nitrogens with zero attached hydrogens (tertiary/aromatic N) is 2. The first kappa shape index (κ1) is 18.1. The average molecular weight is 390 g/mol. The summed E-state index contributed by atoms with van der Waals surface area (Å²) in [6.45, 7) is 1.53. The maximum atomic E-state index is 4.43.